The molecule has 0 unspecified atom stereocenters. The minimum Gasteiger partial charge on any atom is -0.393 e. The molecule has 2 fully saturated rings. The third-order valence-electron chi connectivity index (χ3n) is 3.99. The molecule has 0 aliphatic heterocycles. The zero-order valence-corrected chi connectivity index (χ0v) is 10.6. The van der Waals surface area contributed by atoms with Crippen LogP contribution in [0.5, 0.6) is 0 Å². The molecule has 0 saturated heterocycles. The number of hydrogen-bond acceptors (Lipinski definition) is 2. The second-order valence-corrected chi connectivity index (χ2v) is 7.05. The molecule has 0 heterocycles. The van der Waals surface area contributed by atoms with Crippen LogP contribution in [0.2, 0.25) is 0 Å². The summed E-state index contributed by atoms with van der Waals surface area (Å²) in [6.45, 7) is 2.39. The zero-order valence-electron chi connectivity index (χ0n) is 9.82. The van der Waals surface area contributed by atoms with Crippen LogP contribution in [0, 0.1) is 5.92 Å². The maximum Gasteiger partial charge on any atom is 0.0541 e. The van der Waals surface area contributed by atoms with Gasteiger partial charge >= 0.3 is 0 Å². The van der Waals surface area contributed by atoms with Crippen molar-refractivity contribution in [1.82, 2.24) is 0 Å². The molecule has 2 aliphatic carbocycles. The predicted octanol–water partition coefficient (Wildman–Crippen LogP) is 3.60. The van der Waals surface area contributed by atoms with Gasteiger partial charge < -0.3 is 5.11 Å². The first kappa shape index (κ1) is 11.8. The first-order valence-electron chi connectivity index (χ1n) is 6.57. The fourth-order valence-corrected chi connectivity index (χ4v) is 4.45. The van der Waals surface area contributed by atoms with E-state index < -0.39 is 0 Å². The van der Waals surface area contributed by atoms with Crippen molar-refractivity contribution in [1.29, 1.82) is 0 Å². The van der Waals surface area contributed by atoms with Gasteiger partial charge in [-0.15, -0.1) is 0 Å². The highest BCUT2D eigenvalue weighted by Gasteiger charge is 2.25. The van der Waals surface area contributed by atoms with Crippen LogP contribution in [0.1, 0.15) is 58.3 Å². The van der Waals surface area contributed by atoms with Crippen LogP contribution in [0.3, 0.4) is 0 Å². The smallest absolute Gasteiger partial charge is 0.0541 e. The molecule has 0 bridgehead atoms. The van der Waals surface area contributed by atoms with Crippen molar-refractivity contribution in [3.05, 3.63) is 0 Å². The molecule has 0 spiro atoms. The second-order valence-electron chi connectivity index (χ2n) is 5.45. The van der Waals surface area contributed by atoms with Gasteiger partial charge in [-0.3, -0.25) is 0 Å². The molecule has 1 nitrogen and oxygen atoms in total. The molecule has 0 aromatic carbocycles. The molecule has 88 valence electrons. The molecule has 0 atom stereocenters. The van der Waals surface area contributed by atoms with Gasteiger partial charge in [-0.2, -0.15) is 11.8 Å². The lowest BCUT2D eigenvalue weighted by Gasteiger charge is -2.31. The van der Waals surface area contributed by atoms with Gasteiger partial charge in [-0.25, -0.2) is 0 Å². The van der Waals surface area contributed by atoms with E-state index in [1.54, 1.807) is 0 Å². The SMILES string of the molecule is CC1CCC(SC2CCC(O)CC2)CC1. The van der Waals surface area contributed by atoms with E-state index in [-0.39, 0.29) is 6.10 Å². The van der Waals surface area contributed by atoms with Crippen LogP contribution in [0.15, 0.2) is 0 Å². The third kappa shape index (κ3) is 3.67. The zero-order chi connectivity index (χ0) is 10.7. The first-order chi connectivity index (χ1) is 7.24. The fraction of sp³-hybridized carbons (Fsp3) is 1.00. The molecule has 2 saturated carbocycles. The van der Waals surface area contributed by atoms with E-state index in [1.165, 1.54) is 38.5 Å². The molecular weight excluding hydrogens is 204 g/mol. The number of aliphatic hydroxyl groups is 1. The molecule has 15 heavy (non-hydrogen) atoms. The topological polar surface area (TPSA) is 20.2 Å². The molecule has 1 N–H and O–H groups in total. The largest absolute Gasteiger partial charge is 0.393 e. The Morgan fingerprint density at radius 2 is 1.27 bits per heavy atom. The van der Waals surface area contributed by atoms with Crippen LogP contribution < -0.4 is 0 Å². The fourth-order valence-electron chi connectivity index (χ4n) is 2.82. The van der Waals surface area contributed by atoms with Crippen molar-refractivity contribution in [2.45, 2.75) is 74.9 Å². The van der Waals surface area contributed by atoms with Crippen molar-refractivity contribution in [2.24, 2.45) is 5.92 Å². The summed E-state index contributed by atoms with van der Waals surface area (Å²) in [5.74, 6) is 0.968. The number of rotatable bonds is 2. The van der Waals surface area contributed by atoms with Crippen LogP contribution in [0.4, 0.5) is 0 Å². The first-order valence-corrected chi connectivity index (χ1v) is 7.52. The summed E-state index contributed by atoms with van der Waals surface area (Å²) in [6.07, 6.45) is 10.3. The summed E-state index contributed by atoms with van der Waals surface area (Å²) in [6, 6.07) is 0. The maximum atomic E-state index is 9.46. The average molecular weight is 228 g/mol. The monoisotopic (exact) mass is 228 g/mol. The number of aliphatic hydroxyl groups excluding tert-OH is 1. The minimum atomic E-state index is 0.00762. The third-order valence-corrected chi connectivity index (χ3v) is 5.70. The summed E-state index contributed by atoms with van der Waals surface area (Å²) in [5.41, 5.74) is 0. The molecule has 0 amide bonds. The van der Waals surface area contributed by atoms with E-state index in [9.17, 15) is 5.11 Å². The lowest BCUT2D eigenvalue weighted by Crippen LogP contribution is -2.23. The van der Waals surface area contributed by atoms with Gasteiger partial charge in [-0.05, 0) is 57.3 Å². The highest BCUT2D eigenvalue weighted by atomic mass is 32.2. The van der Waals surface area contributed by atoms with Gasteiger partial charge in [0.15, 0.2) is 0 Å². The van der Waals surface area contributed by atoms with Gasteiger partial charge in [0.05, 0.1) is 6.10 Å². The van der Waals surface area contributed by atoms with Crippen LogP contribution in [0.25, 0.3) is 0 Å². The van der Waals surface area contributed by atoms with Crippen molar-refractivity contribution >= 4 is 11.8 Å². The molecule has 0 radical (unpaired) electrons. The Morgan fingerprint density at radius 1 is 0.800 bits per heavy atom. The summed E-state index contributed by atoms with van der Waals surface area (Å²) in [7, 11) is 0. The van der Waals surface area contributed by atoms with Crippen molar-refractivity contribution in [3.63, 3.8) is 0 Å². The molecule has 2 rings (SSSR count). The van der Waals surface area contributed by atoms with Gasteiger partial charge in [0, 0.05) is 10.5 Å². The van der Waals surface area contributed by atoms with Crippen LogP contribution in [-0.4, -0.2) is 21.7 Å². The number of thioether (sulfide) groups is 1. The molecular formula is C13H24OS. The Balaban J connectivity index is 1.68. The van der Waals surface area contributed by atoms with E-state index in [1.807, 2.05) is 0 Å². The normalized spacial score (nSPS) is 42.8. The van der Waals surface area contributed by atoms with E-state index in [0.717, 1.165) is 29.3 Å². The summed E-state index contributed by atoms with van der Waals surface area (Å²) >= 11 is 2.23. The quantitative estimate of drug-likeness (QED) is 0.779. The summed E-state index contributed by atoms with van der Waals surface area (Å²) in [4.78, 5) is 0. The average Bonchev–Trinajstić information content (AvgIpc) is 2.25. The van der Waals surface area contributed by atoms with E-state index in [0.29, 0.717) is 0 Å². The highest BCUT2D eigenvalue weighted by molar-refractivity contribution is 8.00. The summed E-state index contributed by atoms with van der Waals surface area (Å²) < 4.78 is 0. The molecule has 0 aromatic heterocycles. The lowest BCUT2D eigenvalue weighted by molar-refractivity contribution is 0.132. The maximum absolute atomic E-state index is 9.46. The molecule has 2 aliphatic rings. The predicted molar refractivity (Wildman–Crippen MR) is 67.3 cm³/mol. The van der Waals surface area contributed by atoms with Gasteiger partial charge in [0.2, 0.25) is 0 Å². The molecule has 2 heteroatoms. The van der Waals surface area contributed by atoms with Crippen molar-refractivity contribution in [3.8, 4) is 0 Å². The van der Waals surface area contributed by atoms with E-state index in [2.05, 4.69) is 18.7 Å². The van der Waals surface area contributed by atoms with E-state index >= 15 is 0 Å². The van der Waals surface area contributed by atoms with Gasteiger partial charge in [0.25, 0.3) is 0 Å². The summed E-state index contributed by atoms with van der Waals surface area (Å²) in [5, 5.41) is 11.2. The van der Waals surface area contributed by atoms with Crippen molar-refractivity contribution < 1.29 is 5.11 Å². The van der Waals surface area contributed by atoms with Gasteiger partial charge in [-0.1, -0.05) is 6.92 Å². The van der Waals surface area contributed by atoms with Gasteiger partial charge in [0.1, 0.15) is 0 Å². The Morgan fingerprint density at radius 3 is 1.80 bits per heavy atom. The standard InChI is InChI=1S/C13H24OS/c1-10-2-6-12(7-3-10)15-13-8-4-11(14)5-9-13/h10-14H,2-9H2,1H3. The van der Waals surface area contributed by atoms with Crippen LogP contribution >= 0.6 is 11.8 Å². The second kappa shape index (κ2) is 5.58. The Labute approximate surface area is 98.0 Å². The van der Waals surface area contributed by atoms with E-state index in [4.69, 9.17) is 0 Å². The highest BCUT2D eigenvalue weighted by Crippen LogP contribution is 2.38. The Hall–Kier alpha value is 0.310. The Bertz CT molecular complexity index is 159. The molecule has 0 aromatic rings. The van der Waals surface area contributed by atoms with Crippen molar-refractivity contribution in [2.75, 3.05) is 0 Å². The number of hydrogen-bond donors (Lipinski definition) is 1. The van der Waals surface area contributed by atoms with Crippen LogP contribution in [-0.2, 0) is 0 Å². The lowest BCUT2D eigenvalue weighted by atomic mass is 9.91. The minimum absolute atomic E-state index is 0.00762. The Kier molecular flexibility index (Phi) is 4.39.